The third-order valence-electron chi connectivity index (χ3n) is 1.42. The Morgan fingerprint density at radius 3 is 2.82 bits per heavy atom. The van der Waals surface area contributed by atoms with E-state index in [9.17, 15) is 0 Å². The van der Waals surface area contributed by atoms with Crippen LogP contribution in [0.5, 0.6) is 5.75 Å². The van der Waals surface area contributed by atoms with Gasteiger partial charge in [0.25, 0.3) is 0 Å². The fourth-order valence-electron chi connectivity index (χ4n) is 0.814. The summed E-state index contributed by atoms with van der Waals surface area (Å²) in [6, 6.07) is 5.33. The highest BCUT2D eigenvalue weighted by atomic mass is 35.5. The predicted molar refractivity (Wildman–Crippen MR) is 44.8 cm³/mol. The molecule has 0 bridgehead atoms. The van der Waals surface area contributed by atoms with Gasteiger partial charge in [0.15, 0.2) is 0 Å². The van der Waals surface area contributed by atoms with Gasteiger partial charge in [0.05, 0.1) is 12.1 Å². The standard InChI is InChI=1S/C8H9ClNO/c1-11-8-4-6(5-10)2-3-7(8)9/h2-4,10H,5H2,1H3. The Morgan fingerprint density at radius 1 is 1.55 bits per heavy atom. The maximum Gasteiger partial charge on any atom is 0.137 e. The molecule has 0 aliphatic carbocycles. The molecule has 11 heavy (non-hydrogen) atoms. The van der Waals surface area contributed by atoms with E-state index in [1.165, 1.54) is 0 Å². The van der Waals surface area contributed by atoms with Gasteiger partial charge in [0.1, 0.15) is 5.75 Å². The topological polar surface area (TPSA) is 33.0 Å². The highest BCUT2D eigenvalue weighted by molar-refractivity contribution is 6.32. The van der Waals surface area contributed by atoms with E-state index in [0.29, 0.717) is 10.8 Å². The van der Waals surface area contributed by atoms with E-state index in [4.69, 9.17) is 22.1 Å². The summed E-state index contributed by atoms with van der Waals surface area (Å²) in [5, 5.41) is 0.588. The maximum atomic E-state index is 7.09. The lowest BCUT2D eigenvalue weighted by atomic mass is 10.2. The van der Waals surface area contributed by atoms with Crippen molar-refractivity contribution >= 4 is 11.6 Å². The minimum absolute atomic E-state index is 0.257. The molecule has 2 nitrogen and oxygen atoms in total. The maximum absolute atomic E-state index is 7.09. The fraction of sp³-hybridized carbons (Fsp3) is 0.250. The zero-order valence-electron chi connectivity index (χ0n) is 6.23. The Bertz CT molecular complexity index is 250. The number of hydrogen-bond acceptors (Lipinski definition) is 1. The van der Waals surface area contributed by atoms with Gasteiger partial charge in [-0.3, -0.25) is 5.73 Å². The van der Waals surface area contributed by atoms with Gasteiger partial charge in [-0.2, -0.15) is 0 Å². The second-order valence-electron chi connectivity index (χ2n) is 2.15. The molecule has 59 valence electrons. The first kappa shape index (κ1) is 8.37. The Labute approximate surface area is 70.9 Å². The first-order chi connectivity index (χ1) is 5.27. The summed E-state index contributed by atoms with van der Waals surface area (Å²) < 4.78 is 4.97. The molecule has 1 radical (unpaired) electrons. The van der Waals surface area contributed by atoms with Gasteiger partial charge in [0, 0.05) is 6.54 Å². The quantitative estimate of drug-likeness (QED) is 0.670. The first-order valence-electron chi connectivity index (χ1n) is 3.25. The van der Waals surface area contributed by atoms with Crippen molar-refractivity contribution in [3.63, 3.8) is 0 Å². The summed E-state index contributed by atoms with van der Waals surface area (Å²) in [5.41, 5.74) is 8.00. The summed E-state index contributed by atoms with van der Waals surface area (Å²) in [7, 11) is 1.56. The van der Waals surface area contributed by atoms with Gasteiger partial charge < -0.3 is 4.74 Å². The Kier molecular flexibility index (Phi) is 2.74. The van der Waals surface area contributed by atoms with E-state index in [0.717, 1.165) is 5.56 Å². The third-order valence-corrected chi connectivity index (χ3v) is 1.73. The van der Waals surface area contributed by atoms with E-state index >= 15 is 0 Å². The van der Waals surface area contributed by atoms with Gasteiger partial charge in [-0.15, -0.1) is 0 Å². The largest absolute Gasteiger partial charge is 0.495 e. The summed E-state index contributed by atoms with van der Waals surface area (Å²) in [6.45, 7) is 0.257. The Balaban J connectivity index is 3.02. The molecule has 0 amide bonds. The van der Waals surface area contributed by atoms with Gasteiger partial charge in [-0.05, 0) is 17.7 Å². The van der Waals surface area contributed by atoms with Crippen molar-refractivity contribution in [3.05, 3.63) is 28.8 Å². The van der Waals surface area contributed by atoms with Crippen LogP contribution in [0.3, 0.4) is 0 Å². The van der Waals surface area contributed by atoms with E-state index < -0.39 is 0 Å². The van der Waals surface area contributed by atoms with Crippen LogP contribution in [0.2, 0.25) is 5.02 Å². The van der Waals surface area contributed by atoms with E-state index in [1.807, 2.05) is 6.07 Å². The number of hydrogen-bond donors (Lipinski definition) is 0. The smallest absolute Gasteiger partial charge is 0.137 e. The number of ether oxygens (including phenoxy) is 1. The fourth-order valence-corrected chi connectivity index (χ4v) is 1.01. The molecule has 1 N–H and O–H groups in total. The summed E-state index contributed by atoms with van der Waals surface area (Å²) in [6.07, 6.45) is 0. The normalized spacial score (nSPS) is 9.73. The minimum atomic E-state index is 0.257. The average molecular weight is 171 g/mol. The molecular formula is C8H9ClNO. The SMILES string of the molecule is COc1cc(C[NH])ccc1Cl. The summed E-state index contributed by atoms with van der Waals surface area (Å²) in [4.78, 5) is 0. The Hall–Kier alpha value is -0.730. The molecule has 1 aromatic carbocycles. The second kappa shape index (κ2) is 3.60. The lowest BCUT2D eigenvalue weighted by molar-refractivity contribution is 0.414. The second-order valence-corrected chi connectivity index (χ2v) is 2.55. The van der Waals surface area contributed by atoms with Crippen molar-refractivity contribution in [2.45, 2.75) is 6.54 Å². The van der Waals surface area contributed by atoms with Crippen molar-refractivity contribution in [1.29, 1.82) is 0 Å². The van der Waals surface area contributed by atoms with Crippen LogP contribution in [0.1, 0.15) is 5.56 Å². The van der Waals surface area contributed by atoms with E-state index in [2.05, 4.69) is 0 Å². The molecule has 0 unspecified atom stereocenters. The third kappa shape index (κ3) is 1.85. The monoisotopic (exact) mass is 170 g/mol. The van der Waals surface area contributed by atoms with Crippen LogP contribution < -0.4 is 10.5 Å². The molecule has 0 saturated carbocycles. The van der Waals surface area contributed by atoms with Crippen LogP contribution in [-0.2, 0) is 6.54 Å². The molecule has 0 spiro atoms. The molecule has 1 rings (SSSR count). The average Bonchev–Trinajstić information content (AvgIpc) is 2.05. The number of rotatable bonds is 2. The number of benzene rings is 1. The van der Waals surface area contributed by atoms with E-state index in [1.54, 1.807) is 19.2 Å². The van der Waals surface area contributed by atoms with Crippen LogP contribution in [0, 0.1) is 0 Å². The minimum Gasteiger partial charge on any atom is -0.495 e. The highest BCUT2D eigenvalue weighted by Crippen LogP contribution is 2.24. The number of nitrogens with one attached hydrogen (secondary N) is 1. The predicted octanol–water partition coefficient (Wildman–Crippen LogP) is 2.13. The Morgan fingerprint density at radius 2 is 2.27 bits per heavy atom. The molecule has 0 aliphatic heterocycles. The van der Waals surface area contributed by atoms with Crippen molar-refractivity contribution in [2.75, 3.05) is 7.11 Å². The van der Waals surface area contributed by atoms with E-state index in [-0.39, 0.29) is 6.54 Å². The van der Waals surface area contributed by atoms with Crippen molar-refractivity contribution in [3.8, 4) is 5.75 Å². The molecule has 0 saturated heterocycles. The van der Waals surface area contributed by atoms with Crippen LogP contribution in [-0.4, -0.2) is 7.11 Å². The lowest BCUT2D eigenvalue weighted by Gasteiger charge is -2.03. The lowest BCUT2D eigenvalue weighted by Crippen LogP contribution is -1.88. The number of halogens is 1. The number of methoxy groups -OCH3 is 1. The van der Waals surface area contributed by atoms with Crippen LogP contribution in [0.15, 0.2) is 18.2 Å². The molecule has 0 aliphatic rings. The van der Waals surface area contributed by atoms with Crippen molar-refractivity contribution in [2.24, 2.45) is 0 Å². The molecule has 0 fully saturated rings. The highest BCUT2D eigenvalue weighted by Gasteiger charge is 1.99. The van der Waals surface area contributed by atoms with Crippen LogP contribution in [0.25, 0.3) is 0 Å². The van der Waals surface area contributed by atoms with Crippen molar-refractivity contribution in [1.82, 2.24) is 5.73 Å². The van der Waals surface area contributed by atoms with Gasteiger partial charge >= 0.3 is 0 Å². The van der Waals surface area contributed by atoms with Crippen LogP contribution >= 0.6 is 11.6 Å². The summed E-state index contributed by atoms with van der Waals surface area (Å²) in [5.74, 6) is 0.636. The van der Waals surface area contributed by atoms with Crippen LogP contribution in [0.4, 0.5) is 0 Å². The zero-order chi connectivity index (χ0) is 8.27. The molecular weight excluding hydrogens is 162 g/mol. The van der Waals surface area contributed by atoms with Gasteiger partial charge in [-0.25, -0.2) is 0 Å². The first-order valence-corrected chi connectivity index (χ1v) is 3.62. The molecule has 0 atom stereocenters. The zero-order valence-corrected chi connectivity index (χ0v) is 6.98. The molecule has 0 aromatic heterocycles. The van der Waals surface area contributed by atoms with Gasteiger partial charge in [0.2, 0.25) is 0 Å². The summed E-state index contributed by atoms with van der Waals surface area (Å²) >= 11 is 5.77. The molecule has 0 heterocycles. The van der Waals surface area contributed by atoms with Gasteiger partial charge in [-0.1, -0.05) is 17.7 Å². The molecule has 1 aromatic rings. The van der Waals surface area contributed by atoms with Crippen molar-refractivity contribution < 1.29 is 4.74 Å². The molecule has 3 heteroatoms.